The van der Waals surface area contributed by atoms with Crippen LogP contribution in [-0.4, -0.2) is 16.3 Å². The van der Waals surface area contributed by atoms with Crippen LogP contribution in [0.1, 0.15) is 33.0 Å². The van der Waals surface area contributed by atoms with E-state index in [-0.39, 0.29) is 5.56 Å². The van der Waals surface area contributed by atoms with Gasteiger partial charge in [-0.3, -0.25) is 4.79 Å². The standard InChI is InChI=1S/C25H27N3O3S/c1-17-20(6-4-8-24(17)26-15-23-18(2)27-31-19(23)3)16-28-11-9-21(14-25(28)29)30-12-10-22-7-5-13-32-22/h4-9,11,13-14,26H,10,12,15-16H2,1-3H3. The minimum atomic E-state index is -0.0768. The molecular formula is C25H27N3O3S. The molecular weight excluding hydrogens is 422 g/mol. The molecule has 0 aliphatic heterocycles. The zero-order chi connectivity index (χ0) is 22.5. The van der Waals surface area contributed by atoms with Gasteiger partial charge in [0.15, 0.2) is 0 Å². The van der Waals surface area contributed by atoms with Crippen molar-refractivity contribution in [3.05, 3.63) is 97.4 Å². The molecule has 0 atom stereocenters. The fourth-order valence-electron chi connectivity index (χ4n) is 3.60. The second-order valence-electron chi connectivity index (χ2n) is 7.75. The maximum absolute atomic E-state index is 12.6. The number of ether oxygens (including phenoxy) is 1. The highest BCUT2D eigenvalue weighted by atomic mass is 32.1. The number of pyridine rings is 1. The molecule has 0 saturated carbocycles. The van der Waals surface area contributed by atoms with E-state index >= 15 is 0 Å². The third-order valence-electron chi connectivity index (χ3n) is 5.59. The van der Waals surface area contributed by atoms with Crippen LogP contribution in [0.25, 0.3) is 0 Å². The van der Waals surface area contributed by atoms with Crippen LogP contribution in [-0.2, 0) is 19.5 Å². The molecule has 0 amide bonds. The van der Waals surface area contributed by atoms with Gasteiger partial charge in [0.25, 0.3) is 5.56 Å². The van der Waals surface area contributed by atoms with Gasteiger partial charge >= 0.3 is 0 Å². The van der Waals surface area contributed by atoms with E-state index in [0.29, 0.717) is 25.4 Å². The van der Waals surface area contributed by atoms with Crippen molar-refractivity contribution in [3.63, 3.8) is 0 Å². The van der Waals surface area contributed by atoms with Gasteiger partial charge in [0.05, 0.1) is 18.8 Å². The lowest BCUT2D eigenvalue weighted by Crippen LogP contribution is -2.20. The second-order valence-corrected chi connectivity index (χ2v) is 8.78. The van der Waals surface area contributed by atoms with E-state index in [1.807, 2.05) is 44.2 Å². The van der Waals surface area contributed by atoms with Gasteiger partial charge in [0.2, 0.25) is 0 Å². The molecule has 4 aromatic rings. The third kappa shape index (κ3) is 5.11. The lowest BCUT2D eigenvalue weighted by molar-refractivity contribution is 0.321. The third-order valence-corrected chi connectivity index (χ3v) is 6.52. The molecule has 0 aliphatic rings. The van der Waals surface area contributed by atoms with E-state index in [1.54, 1.807) is 28.2 Å². The van der Waals surface area contributed by atoms with Crippen molar-refractivity contribution < 1.29 is 9.26 Å². The van der Waals surface area contributed by atoms with Crippen molar-refractivity contribution in [1.29, 1.82) is 0 Å². The summed E-state index contributed by atoms with van der Waals surface area (Å²) in [6, 6.07) is 13.6. The number of hydrogen-bond donors (Lipinski definition) is 1. The van der Waals surface area contributed by atoms with Crippen molar-refractivity contribution in [2.75, 3.05) is 11.9 Å². The Morgan fingerprint density at radius 3 is 2.75 bits per heavy atom. The summed E-state index contributed by atoms with van der Waals surface area (Å²) < 4.78 is 12.7. The molecule has 1 aromatic carbocycles. The van der Waals surface area contributed by atoms with Gasteiger partial charge in [-0.05, 0) is 55.5 Å². The van der Waals surface area contributed by atoms with Crippen molar-refractivity contribution in [3.8, 4) is 5.75 Å². The molecule has 0 fully saturated rings. The van der Waals surface area contributed by atoms with E-state index in [4.69, 9.17) is 9.26 Å². The number of benzene rings is 1. The molecule has 0 unspecified atom stereocenters. The summed E-state index contributed by atoms with van der Waals surface area (Å²) in [4.78, 5) is 13.9. The Morgan fingerprint density at radius 2 is 2.03 bits per heavy atom. The molecule has 32 heavy (non-hydrogen) atoms. The highest BCUT2D eigenvalue weighted by molar-refractivity contribution is 7.09. The minimum absolute atomic E-state index is 0.0768. The van der Waals surface area contributed by atoms with E-state index in [0.717, 1.165) is 40.3 Å². The number of aromatic nitrogens is 2. The number of nitrogens with one attached hydrogen (secondary N) is 1. The maximum Gasteiger partial charge on any atom is 0.254 e. The molecule has 3 aromatic heterocycles. The largest absolute Gasteiger partial charge is 0.493 e. The summed E-state index contributed by atoms with van der Waals surface area (Å²) in [5, 5.41) is 9.54. The zero-order valence-electron chi connectivity index (χ0n) is 18.6. The predicted octanol–water partition coefficient (Wildman–Crippen LogP) is 5.10. The van der Waals surface area contributed by atoms with Crippen LogP contribution in [0, 0.1) is 20.8 Å². The lowest BCUT2D eigenvalue weighted by atomic mass is 10.1. The number of nitrogens with zero attached hydrogens (tertiary/aromatic N) is 2. The first-order chi connectivity index (χ1) is 15.5. The van der Waals surface area contributed by atoms with Gasteiger partial charge in [-0.15, -0.1) is 11.3 Å². The maximum atomic E-state index is 12.6. The summed E-state index contributed by atoms with van der Waals surface area (Å²) >= 11 is 1.71. The zero-order valence-corrected chi connectivity index (χ0v) is 19.4. The van der Waals surface area contributed by atoms with Gasteiger partial charge in [-0.2, -0.15) is 0 Å². The smallest absolute Gasteiger partial charge is 0.254 e. The number of aryl methyl sites for hydroxylation is 2. The Kier molecular flexibility index (Phi) is 6.75. The van der Waals surface area contributed by atoms with E-state index in [1.165, 1.54) is 4.88 Å². The monoisotopic (exact) mass is 449 g/mol. The first-order valence-corrected chi connectivity index (χ1v) is 11.5. The van der Waals surface area contributed by atoms with Crippen LogP contribution < -0.4 is 15.6 Å². The Balaban J connectivity index is 1.41. The average molecular weight is 450 g/mol. The Labute approximate surface area is 191 Å². The van der Waals surface area contributed by atoms with Crippen molar-refractivity contribution in [2.45, 2.75) is 40.3 Å². The van der Waals surface area contributed by atoms with Gasteiger partial charge in [-0.25, -0.2) is 0 Å². The van der Waals surface area contributed by atoms with Crippen LogP contribution in [0.5, 0.6) is 5.75 Å². The van der Waals surface area contributed by atoms with Gasteiger partial charge < -0.3 is 19.1 Å². The molecule has 0 radical (unpaired) electrons. The molecule has 3 heterocycles. The molecule has 1 N–H and O–H groups in total. The summed E-state index contributed by atoms with van der Waals surface area (Å²) in [7, 11) is 0. The molecule has 7 heteroatoms. The Bertz CT molecular complexity index is 1220. The first kappa shape index (κ1) is 21.9. The van der Waals surface area contributed by atoms with E-state index < -0.39 is 0 Å². The highest BCUT2D eigenvalue weighted by Gasteiger charge is 2.11. The molecule has 0 bridgehead atoms. The highest BCUT2D eigenvalue weighted by Crippen LogP contribution is 2.22. The summed E-state index contributed by atoms with van der Waals surface area (Å²) in [6.45, 7) is 7.63. The lowest BCUT2D eigenvalue weighted by Gasteiger charge is -2.15. The molecule has 4 rings (SSSR count). The molecule has 6 nitrogen and oxygen atoms in total. The first-order valence-electron chi connectivity index (χ1n) is 10.6. The Morgan fingerprint density at radius 1 is 1.16 bits per heavy atom. The fourth-order valence-corrected chi connectivity index (χ4v) is 4.29. The number of thiophene rings is 1. The van der Waals surface area contributed by atoms with Crippen molar-refractivity contribution >= 4 is 17.0 Å². The second kappa shape index (κ2) is 9.87. The molecule has 0 saturated heterocycles. The van der Waals surface area contributed by atoms with Crippen molar-refractivity contribution in [1.82, 2.24) is 9.72 Å². The number of hydrogen-bond acceptors (Lipinski definition) is 6. The fraction of sp³-hybridized carbons (Fsp3) is 0.280. The van der Waals surface area contributed by atoms with E-state index in [2.05, 4.69) is 28.8 Å². The average Bonchev–Trinajstić information content (AvgIpc) is 3.40. The molecule has 0 aliphatic carbocycles. The summed E-state index contributed by atoms with van der Waals surface area (Å²) in [5.41, 5.74) is 5.12. The molecule has 166 valence electrons. The van der Waals surface area contributed by atoms with Crippen LogP contribution in [0.2, 0.25) is 0 Å². The SMILES string of the molecule is Cc1noc(C)c1CNc1cccc(Cn2ccc(OCCc3cccs3)cc2=O)c1C. The number of anilines is 1. The van der Waals surface area contributed by atoms with Gasteiger partial charge in [0.1, 0.15) is 11.5 Å². The van der Waals surface area contributed by atoms with Crippen LogP contribution in [0.4, 0.5) is 5.69 Å². The van der Waals surface area contributed by atoms with Crippen LogP contribution in [0.3, 0.4) is 0 Å². The predicted molar refractivity (Wildman–Crippen MR) is 128 cm³/mol. The van der Waals surface area contributed by atoms with E-state index in [9.17, 15) is 4.79 Å². The summed E-state index contributed by atoms with van der Waals surface area (Å²) in [6.07, 6.45) is 2.64. The van der Waals surface area contributed by atoms with Crippen LogP contribution >= 0.6 is 11.3 Å². The van der Waals surface area contributed by atoms with Crippen molar-refractivity contribution in [2.24, 2.45) is 0 Å². The van der Waals surface area contributed by atoms with Crippen LogP contribution in [0.15, 0.2) is 63.4 Å². The normalized spacial score (nSPS) is 11.0. The summed E-state index contributed by atoms with van der Waals surface area (Å²) in [5.74, 6) is 1.43. The topological polar surface area (TPSA) is 69.3 Å². The van der Waals surface area contributed by atoms with Gasteiger partial charge in [-0.1, -0.05) is 23.4 Å². The quantitative estimate of drug-likeness (QED) is 0.385. The van der Waals surface area contributed by atoms with Gasteiger partial charge in [0, 0.05) is 41.4 Å². The minimum Gasteiger partial charge on any atom is -0.493 e. The Hall–Kier alpha value is -3.32. The molecule has 0 spiro atoms. The number of rotatable bonds is 9.